The molecule has 3 rings (SSSR count). The van der Waals surface area contributed by atoms with Crippen LogP contribution in [0.1, 0.15) is 32.4 Å². The summed E-state index contributed by atoms with van der Waals surface area (Å²) in [5, 5.41) is 8.49. The lowest BCUT2D eigenvalue weighted by Crippen LogP contribution is -2.44. The molecule has 0 radical (unpaired) electrons. The molecule has 0 aliphatic carbocycles. The van der Waals surface area contributed by atoms with Crippen molar-refractivity contribution in [2.24, 2.45) is 11.7 Å². The Hall–Kier alpha value is -0.240. The molecule has 0 bridgehead atoms. The van der Waals surface area contributed by atoms with E-state index in [2.05, 4.69) is 38.7 Å². The zero-order valence-electron chi connectivity index (χ0n) is 14.3. The molecule has 2 N–H and O–H groups in total. The van der Waals surface area contributed by atoms with E-state index in [9.17, 15) is 0 Å². The Morgan fingerprint density at radius 1 is 1.22 bits per heavy atom. The highest BCUT2D eigenvalue weighted by molar-refractivity contribution is 8.03. The van der Waals surface area contributed by atoms with Crippen LogP contribution in [0.25, 0.3) is 0 Å². The minimum Gasteiger partial charge on any atom is -0.320 e. The third-order valence-electron chi connectivity index (χ3n) is 4.80. The maximum atomic E-state index is 6.09. The molecule has 1 aromatic heterocycles. The van der Waals surface area contributed by atoms with Crippen LogP contribution in [0, 0.1) is 5.92 Å². The summed E-state index contributed by atoms with van der Waals surface area (Å²) >= 11 is 4.26. The van der Waals surface area contributed by atoms with Gasteiger partial charge in [-0.3, -0.25) is 9.58 Å². The molecule has 0 atom stereocenters. The molecule has 0 unspecified atom stereocenters. The second kappa shape index (κ2) is 7.76. The van der Waals surface area contributed by atoms with Crippen molar-refractivity contribution in [2.45, 2.75) is 44.8 Å². The van der Waals surface area contributed by atoms with Crippen molar-refractivity contribution < 1.29 is 0 Å². The summed E-state index contributed by atoms with van der Waals surface area (Å²) in [4.78, 5) is 2.72. The zero-order valence-corrected chi connectivity index (χ0v) is 15.9. The van der Waals surface area contributed by atoms with Gasteiger partial charge in [0, 0.05) is 35.6 Å². The lowest BCUT2D eigenvalue weighted by molar-refractivity contribution is 0.143. The van der Waals surface area contributed by atoms with Gasteiger partial charge in [0.05, 0.1) is 11.7 Å². The Labute approximate surface area is 148 Å². The van der Waals surface area contributed by atoms with Gasteiger partial charge < -0.3 is 5.73 Å². The summed E-state index contributed by atoms with van der Waals surface area (Å²) < 4.78 is 1.99. The van der Waals surface area contributed by atoms with Crippen LogP contribution < -0.4 is 5.73 Å². The van der Waals surface area contributed by atoms with Crippen LogP contribution in [0.15, 0.2) is 6.20 Å². The van der Waals surface area contributed by atoms with Gasteiger partial charge in [0.1, 0.15) is 5.69 Å². The highest BCUT2D eigenvalue weighted by Gasteiger charge is 2.27. The molecule has 2 fully saturated rings. The van der Waals surface area contributed by atoms with E-state index in [1.54, 1.807) is 0 Å². The Morgan fingerprint density at radius 3 is 2.43 bits per heavy atom. The molecule has 1 aromatic rings. The van der Waals surface area contributed by atoms with Gasteiger partial charge in [0.2, 0.25) is 0 Å². The summed E-state index contributed by atoms with van der Waals surface area (Å²) in [6.45, 7) is 7.40. The lowest BCUT2D eigenvalue weighted by Gasteiger charge is -2.36. The number of piperidine rings is 1. The largest absolute Gasteiger partial charge is 0.320 e. The number of nitrogens with zero attached hydrogens (tertiary/aromatic N) is 4. The summed E-state index contributed by atoms with van der Waals surface area (Å²) in [6, 6.07) is 0.782. The second-order valence-electron chi connectivity index (χ2n) is 7.33. The monoisotopic (exact) mass is 355 g/mol. The molecular weight excluding hydrogens is 326 g/mol. The molecule has 0 amide bonds. The third-order valence-corrected chi connectivity index (χ3v) is 7.29. The summed E-state index contributed by atoms with van der Waals surface area (Å²) in [7, 11) is 0. The van der Waals surface area contributed by atoms with Crippen LogP contribution in [0.5, 0.6) is 0 Å². The zero-order chi connectivity index (χ0) is 16.3. The van der Waals surface area contributed by atoms with Crippen molar-refractivity contribution >= 4 is 23.5 Å². The first-order chi connectivity index (χ1) is 11.0. The van der Waals surface area contributed by atoms with Crippen LogP contribution in [0.3, 0.4) is 0 Å². The molecule has 0 spiro atoms. The fourth-order valence-corrected chi connectivity index (χ4v) is 5.89. The van der Waals surface area contributed by atoms with E-state index in [-0.39, 0.29) is 0 Å². The van der Waals surface area contributed by atoms with Gasteiger partial charge in [-0.1, -0.05) is 5.21 Å². The first-order valence-corrected chi connectivity index (χ1v) is 10.9. The van der Waals surface area contributed by atoms with E-state index in [0.717, 1.165) is 18.3 Å². The Bertz CT molecular complexity index is 483. The van der Waals surface area contributed by atoms with Gasteiger partial charge in [0.25, 0.3) is 0 Å². The van der Waals surface area contributed by atoms with E-state index < -0.39 is 5.54 Å². The van der Waals surface area contributed by atoms with Crippen molar-refractivity contribution in [1.29, 1.82) is 0 Å². The van der Waals surface area contributed by atoms with E-state index >= 15 is 0 Å². The SMILES string of the molecule is CC(C)(N)c1cn(CC2CCN(C3CSCCSC3)CC2)nn1. The molecule has 130 valence electrons. The Kier molecular flexibility index (Phi) is 5.93. The van der Waals surface area contributed by atoms with Crippen LogP contribution in [0.2, 0.25) is 0 Å². The fraction of sp³-hybridized carbons (Fsp3) is 0.875. The Morgan fingerprint density at radius 2 is 1.87 bits per heavy atom. The number of nitrogens with two attached hydrogens (primary N) is 1. The molecule has 23 heavy (non-hydrogen) atoms. The van der Waals surface area contributed by atoms with Crippen molar-refractivity contribution in [3.63, 3.8) is 0 Å². The molecule has 2 aliphatic rings. The average molecular weight is 356 g/mol. The van der Waals surface area contributed by atoms with Crippen LogP contribution in [-0.4, -0.2) is 62.0 Å². The number of aromatic nitrogens is 3. The quantitative estimate of drug-likeness (QED) is 0.892. The van der Waals surface area contributed by atoms with Crippen molar-refractivity contribution in [1.82, 2.24) is 19.9 Å². The highest BCUT2D eigenvalue weighted by atomic mass is 32.2. The minimum absolute atomic E-state index is 0.406. The maximum Gasteiger partial charge on any atom is 0.102 e. The van der Waals surface area contributed by atoms with Crippen molar-refractivity contribution in [2.75, 3.05) is 36.1 Å². The molecule has 3 heterocycles. The van der Waals surface area contributed by atoms with Crippen molar-refractivity contribution in [3.05, 3.63) is 11.9 Å². The minimum atomic E-state index is -0.406. The van der Waals surface area contributed by atoms with Crippen molar-refractivity contribution in [3.8, 4) is 0 Å². The molecule has 5 nitrogen and oxygen atoms in total. The first-order valence-electron chi connectivity index (χ1n) is 8.61. The van der Waals surface area contributed by atoms with E-state index in [0.29, 0.717) is 5.92 Å². The third kappa shape index (κ3) is 4.87. The van der Waals surface area contributed by atoms with Crippen LogP contribution >= 0.6 is 23.5 Å². The molecule has 2 saturated heterocycles. The first kappa shape index (κ1) is 17.6. The van der Waals surface area contributed by atoms with Gasteiger partial charge in [-0.05, 0) is 45.7 Å². The normalized spacial score (nSPS) is 23.1. The van der Waals surface area contributed by atoms with Gasteiger partial charge in [0.15, 0.2) is 0 Å². The maximum absolute atomic E-state index is 6.09. The highest BCUT2D eigenvalue weighted by Crippen LogP contribution is 2.26. The van der Waals surface area contributed by atoms with Gasteiger partial charge in [-0.25, -0.2) is 0 Å². The molecular formula is C16H29N5S2. The molecule has 2 aliphatic heterocycles. The van der Waals surface area contributed by atoms with E-state index in [1.165, 1.54) is 48.9 Å². The summed E-state index contributed by atoms with van der Waals surface area (Å²) in [5.41, 5.74) is 6.56. The molecule has 0 aromatic carbocycles. The number of rotatable bonds is 4. The standard InChI is InChI=1S/C16H29N5S2/c1-16(2,17)15-10-21(19-18-15)9-13-3-5-20(6-4-13)14-11-22-7-8-23-12-14/h10,13-14H,3-9,11-12,17H2,1-2H3. The van der Waals surface area contributed by atoms with E-state index in [4.69, 9.17) is 5.73 Å². The van der Waals surface area contributed by atoms with Crippen LogP contribution in [0.4, 0.5) is 0 Å². The van der Waals surface area contributed by atoms with Gasteiger partial charge in [-0.15, -0.1) is 5.10 Å². The summed E-state index contributed by atoms with van der Waals surface area (Å²) in [6.07, 6.45) is 4.56. The predicted octanol–water partition coefficient (Wildman–Crippen LogP) is 2.03. The average Bonchev–Trinajstić information content (AvgIpc) is 2.82. The number of thioether (sulfide) groups is 2. The van der Waals surface area contributed by atoms with Crippen LogP contribution in [-0.2, 0) is 12.1 Å². The predicted molar refractivity (Wildman–Crippen MR) is 100.0 cm³/mol. The van der Waals surface area contributed by atoms with Gasteiger partial charge >= 0.3 is 0 Å². The Balaban J connectivity index is 1.48. The number of hydrogen-bond acceptors (Lipinski definition) is 6. The van der Waals surface area contributed by atoms with Gasteiger partial charge in [-0.2, -0.15) is 23.5 Å². The number of hydrogen-bond donors (Lipinski definition) is 1. The summed E-state index contributed by atoms with van der Waals surface area (Å²) in [5.74, 6) is 5.99. The fourth-order valence-electron chi connectivity index (χ4n) is 3.26. The lowest BCUT2D eigenvalue weighted by atomic mass is 9.96. The smallest absolute Gasteiger partial charge is 0.102 e. The second-order valence-corrected chi connectivity index (χ2v) is 9.63. The molecule has 7 heteroatoms. The topological polar surface area (TPSA) is 60.0 Å². The number of likely N-dealkylation sites (tertiary alicyclic amines) is 1. The van der Waals surface area contributed by atoms with E-state index in [1.807, 2.05) is 24.7 Å². The molecule has 0 saturated carbocycles.